The number of ether oxygens (including phenoxy) is 4. The number of nitrogens with zero attached hydrogens (tertiary/aromatic N) is 2. The van der Waals surface area contributed by atoms with E-state index in [0.29, 0.717) is 36.8 Å². The summed E-state index contributed by atoms with van der Waals surface area (Å²) >= 11 is 0. The van der Waals surface area contributed by atoms with Crippen LogP contribution in [0.3, 0.4) is 0 Å². The number of benzene rings is 1. The smallest absolute Gasteiger partial charge is 0.309 e. The summed E-state index contributed by atoms with van der Waals surface area (Å²) in [5.41, 5.74) is 0.439. The Balaban J connectivity index is 1.19. The fourth-order valence-corrected chi connectivity index (χ4v) is 3.79. The van der Waals surface area contributed by atoms with Gasteiger partial charge in [0.25, 0.3) is 5.91 Å². The van der Waals surface area contributed by atoms with Crippen LogP contribution in [0.4, 0.5) is 0 Å². The van der Waals surface area contributed by atoms with Crippen molar-refractivity contribution in [3.63, 3.8) is 0 Å². The Kier molecular flexibility index (Phi) is 7.40. The van der Waals surface area contributed by atoms with Gasteiger partial charge in [-0.05, 0) is 31.2 Å². The second kappa shape index (κ2) is 10.6. The standard InChI is InChI=1S/C21H28N4O7/c26-19(22-4-1-5-24-6-9-29-10-7-24)20(27)23-13-18-25(8-11-30-18)21(28)15-2-3-16-17(12-15)32-14-31-16/h2-3,12,18H,1,4-11,13-14H2,(H,22,26)(H,23,27)/t18-/m0/s1. The second-order valence-electron chi connectivity index (χ2n) is 7.67. The SMILES string of the molecule is O=C(NCCCN1CCOCC1)C(=O)NC[C@@H]1OCCN1C(=O)c1ccc2c(c1)OCO2. The molecule has 174 valence electrons. The first-order valence-electron chi connectivity index (χ1n) is 10.8. The van der Waals surface area contributed by atoms with Crippen molar-refractivity contribution >= 4 is 17.7 Å². The molecule has 0 radical (unpaired) electrons. The van der Waals surface area contributed by atoms with Crippen LogP contribution >= 0.6 is 0 Å². The number of morpholine rings is 1. The van der Waals surface area contributed by atoms with Crippen LogP contribution in [0.1, 0.15) is 16.8 Å². The molecule has 11 heteroatoms. The van der Waals surface area contributed by atoms with E-state index < -0.39 is 18.0 Å². The molecule has 1 aromatic carbocycles. The van der Waals surface area contributed by atoms with Gasteiger partial charge in [-0.25, -0.2) is 0 Å². The molecule has 0 aliphatic carbocycles. The fraction of sp³-hybridized carbons (Fsp3) is 0.571. The molecule has 2 saturated heterocycles. The molecule has 4 rings (SSSR count). The minimum Gasteiger partial charge on any atom is -0.454 e. The van der Waals surface area contributed by atoms with E-state index in [1.165, 1.54) is 4.90 Å². The van der Waals surface area contributed by atoms with Gasteiger partial charge in [0.1, 0.15) is 6.23 Å². The number of hydrogen-bond acceptors (Lipinski definition) is 8. The van der Waals surface area contributed by atoms with Crippen LogP contribution in [-0.2, 0) is 19.1 Å². The zero-order valence-electron chi connectivity index (χ0n) is 17.8. The van der Waals surface area contributed by atoms with Gasteiger partial charge in [0.2, 0.25) is 6.79 Å². The predicted molar refractivity (Wildman–Crippen MR) is 111 cm³/mol. The Hall–Kier alpha value is -2.89. The van der Waals surface area contributed by atoms with E-state index in [4.69, 9.17) is 18.9 Å². The van der Waals surface area contributed by atoms with Crippen molar-refractivity contribution in [2.75, 3.05) is 65.9 Å². The van der Waals surface area contributed by atoms with Crippen molar-refractivity contribution < 1.29 is 33.3 Å². The van der Waals surface area contributed by atoms with E-state index in [1.54, 1.807) is 18.2 Å². The third-order valence-corrected chi connectivity index (χ3v) is 5.55. The molecule has 2 fully saturated rings. The number of carbonyl (C=O) groups excluding carboxylic acids is 3. The molecule has 0 bridgehead atoms. The van der Waals surface area contributed by atoms with E-state index in [-0.39, 0.29) is 19.2 Å². The summed E-state index contributed by atoms with van der Waals surface area (Å²) in [7, 11) is 0. The molecule has 1 aromatic rings. The highest BCUT2D eigenvalue weighted by atomic mass is 16.7. The van der Waals surface area contributed by atoms with Gasteiger partial charge < -0.3 is 34.5 Å². The molecule has 3 aliphatic heterocycles. The monoisotopic (exact) mass is 448 g/mol. The van der Waals surface area contributed by atoms with Gasteiger partial charge in [0.15, 0.2) is 11.5 Å². The van der Waals surface area contributed by atoms with Crippen LogP contribution in [-0.4, -0.2) is 99.6 Å². The van der Waals surface area contributed by atoms with Gasteiger partial charge in [0.05, 0.1) is 26.4 Å². The van der Waals surface area contributed by atoms with Crippen LogP contribution < -0.4 is 20.1 Å². The molecular formula is C21H28N4O7. The minimum atomic E-state index is -0.748. The lowest BCUT2D eigenvalue weighted by Crippen LogP contribution is -2.47. The van der Waals surface area contributed by atoms with Crippen molar-refractivity contribution in [2.24, 2.45) is 0 Å². The Bertz CT molecular complexity index is 843. The largest absolute Gasteiger partial charge is 0.454 e. The van der Waals surface area contributed by atoms with Gasteiger partial charge in [-0.2, -0.15) is 0 Å². The van der Waals surface area contributed by atoms with Gasteiger partial charge in [-0.3, -0.25) is 19.3 Å². The van der Waals surface area contributed by atoms with Gasteiger partial charge in [0, 0.05) is 31.7 Å². The highest BCUT2D eigenvalue weighted by molar-refractivity contribution is 6.35. The number of fused-ring (bicyclic) bond motifs is 1. The summed E-state index contributed by atoms with van der Waals surface area (Å²) in [6, 6.07) is 4.98. The maximum atomic E-state index is 12.9. The van der Waals surface area contributed by atoms with Crippen molar-refractivity contribution in [3.8, 4) is 11.5 Å². The normalized spacial score (nSPS) is 20.2. The highest BCUT2D eigenvalue weighted by Crippen LogP contribution is 2.33. The topological polar surface area (TPSA) is 119 Å². The van der Waals surface area contributed by atoms with Crippen LogP contribution in [0.25, 0.3) is 0 Å². The molecule has 11 nitrogen and oxygen atoms in total. The molecule has 0 saturated carbocycles. The molecule has 2 N–H and O–H groups in total. The summed E-state index contributed by atoms with van der Waals surface area (Å²) < 4.78 is 21.5. The van der Waals surface area contributed by atoms with Crippen LogP contribution in [0.2, 0.25) is 0 Å². The first kappa shape index (κ1) is 22.3. The molecule has 3 heterocycles. The molecule has 1 atom stereocenters. The summed E-state index contributed by atoms with van der Waals surface area (Å²) in [6.07, 6.45) is 0.105. The van der Waals surface area contributed by atoms with Gasteiger partial charge >= 0.3 is 11.8 Å². The molecule has 32 heavy (non-hydrogen) atoms. The average Bonchev–Trinajstić information content (AvgIpc) is 3.49. The molecule has 0 spiro atoms. The number of carbonyl (C=O) groups is 3. The Morgan fingerprint density at radius 1 is 0.969 bits per heavy atom. The third-order valence-electron chi connectivity index (χ3n) is 5.55. The lowest BCUT2D eigenvalue weighted by molar-refractivity contribution is -0.139. The van der Waals surface area contributed by atoms with Crippen molar-refractivity contribution in [3.05, 3.63) is 23.8 Å². The Morgan fingerprint density at radius 2 is 1.75 bits per heavy atom. The van der Waals surface area contributed by atoms with Gasteiger partial charge in [-0.1, -0.05) is 0 Å². The van der Waals surface area contributed by atoms with Crippen molar-refractivity contribution in [2.45, 2.75) is 12.6 Å². The average molecular weight is 448 g/mol. The zero-order valence-corrected chi connectivity index (χ0v) is 17.8. The van der Waals surface area contributed by atoms with E-state index in [9.17, 15) is 14.4 Å². The number of amides is 3. The number of rotatable bonds is 7. The van der Waals surface area contributed by atoms with Crippen molar-refractivity contribution in [1.82, 2.24) is 20.4 Å². The summed E-state index contributed by atoms with van der Waals surface area (Å²) in [6.45, 7) is 5.38. The van der Waals surface area contributed by atoms with Gasteiger partial charge in [-0.15, -0.1) is 0 Å². The lowest BCUT2D eigenvalue weighted by Gasteiger charge is -2.26. The van der Waals surface area contributed by atoms with Crippen LogP contribution in [0.15, 0.2) is 18.2 Å². The van der Waals surface area contributed by atoms with Crippen molar-refractivity contribution in [1.29, 1.82) is 0 Å². The Morgan fingerprint density at radius 3 is 2.59 bits per heavy atom. The summed E-state index contributed by atoms with van der Waals surface area (Å²) in [5.74, 6) is -0.571. The summed E-state index contributed by atoms with van der Waals surface area (Å²) in [5, 5.41) is 5.18. The highest BCUT2D eigenvalue weighted by Gasteiger charge is 2.32. The van der Waals surface area contributed by atoms with E-state index in [0.717, 1.165) is 39.3 Å². The fourth-order valence-electron chi connectivity index (χ4n) is 3.79. The van der Waals surface area contributed by atoms with Crippen LogP contribution in [0.5, 0.6) is 11.5 Å². The Labute approximate surface area is 185 Å². The van der Waals surface area contributed by atoms with E-state index in [2.05, 4.69) is 15.5 Å². The quantitative estimate of drug-likeness (QED) is 0.410. The van der Waals surface area contributed by atoms with E-state index >= 15 is 0 Å². The zero-order chi connectivity index (χ0) is 22.3. The molecular weight excluding hydrogens is 420 g/mol. The molecule has 3 aliphatic rings. The molecule has 0 aromatic heterocycles. The first-order chi connectivity index (χ1) is 15.6. The molecule has 0 unspecified atom stereocenters. The van der Waals surface area contributed by atoms with Crippen LogP contribution in [0, 0.1) is 0 Å². The first-order valence-corrected chi connectivity index (χ1v) is 10.8. The summed E-state index contributed by atoms with van der Waals surface area (Å²) in [4.78, 5) is 40.8. The molecule has 3 amide bonds. The second-order valence-corrected chi connectivity index (χ2v) is 7.67. The number of nitrogens with one attached hydrogen (secondary N) is 2. The third kappa shape index (κ3) is 5.47. The predicted octanol–water partition coefficient (Wildman–Crippen LogP) is -0.831. The van der Waals surface area contributed by atoms with E-state index in [1.807, 2.05) is 0 Å². The number of hydrogen-bond donors (Lipinski definition) is 2. The maximum absolute atomic E-state index is 12.9. The minimum absolute atomic E-state index is 0.0241. The maximum Gasteiger partial charge on any atom is 0.309 e. The lowest BCUT2D eigenvalue weighted by atomic mass is 10.1.